The molecule has 0 saturated heterocycles. The number of hydrogen-bond donors (Lipinski definition) is 1. The molecule has 114 valence electrons. The summed E-state index contributed by atoms with van der Waals surface area (Å²) < 4.78 is 26.0. The summed E-state index contributed by atoms with van der Waals surface area (Å²) in [5, 5.41) is 8.73. The molecule has 0 aromatic rings. The van der Waals surface area contributed by atoms with Gasteiger partial charge in [-0.1, -0.05) is 20.8 Å². The number of carboxylic acid groups (broad SMARTS) is 1. The molecule has 5 nitrogen and oxygen atoms in total. The molecule has 0 aliphatic heterocycles. The van der Waals surface area contributed by atoms with E-state index in [-0.39, 0.29) is 24.1 Å². The number of sulfonamides is 1. The summed E-state index contributed by atoms with van der Waals surface area (Å²) in [5.41, 5.74) is -0.671. The molecule has 0 aliphatic rings. The predicted octanol–water partition coefficient (Wildman–Crippen LogP) is 2.33. The zero-order chi connectivity index (χ0) is 15.5. The molecule has 0 fully saturated rings. The number of nitrogens with zero attached hydrogens (tertiary/aromatic N) is 1. The maximum Gasteiger partial charge on any atom is 0.304 e. The quantitative estimate of drug-likeness (QED) is 0.815. The van der Waals surface area contributed by atoms with Crippen molar-refractivity contribution in [1.82, 2.24) is 4.31 Å². The summed E-state index contributed by atoms with van der Waals surface area (Å²) in [6.45, 7) is 11.3. The van der Waals surface area contributed by atoms with Crippen LogP contribution < -0.4 is 0 Å². The molecule has 0 aliphatic carbocycles. The summed E-state index contributed by atoms with van der Waals surface area (Å²) in [4.78, 5) is 10.7. The molecule has 1 N–H and O–H groups in total. The van der Waals surface area contributed by atoms with Crippen LogP contribution in [0.2, 0.25) is 0 Å². The molecule has 0 unspecified atom stereocenters. The zero-order valence-electron chi connectivity index (χ0n) is 12.9. The normalized spacial score (nSPS) is 13.8. The van der Waals surface area contributed by atoms with E-state index in [0.717, 1.165) is 0 Å². The van der Waals surface area contributed by atoms with Crippen molar-refractivity contribution in [3.05, 3.63) is 0 Å². The molecule has 0 radical (unpaired) electrons. The molecule has 0 heterocycles. The lowest BCUT2D eigenvalue weighted by Gasteiger charge is -2.35. The van der Waals surface area contributed by atoms with Gasteiger partial charge in [0.1, 0.15) is 0 Å². The van der Waals surface area contributed by atoms with E-state index >= 15 is 0 Å². The van der Waals surface area contributed by atoms with Crippen LogP contribution in [0.3, 0.4) is 0 Å². The predicted molar refractivity (Wildman–Crippen MR) is 76.6 cm³/mol. The average Bonchev–Trinajstić information content (AvgIpc) is 2.11. The summed E-state index contributed by atoms with van der Waals surface area (Å²) in [6, 6.07) is 0. The Kier molecular flexibility index (Phi) is 6.02. The van der Waals surface area contributed by atoms with Crippen molar-refractivity contribution >= 4 is 16.0 Å². The first-order valence-corrected chi connectivity index (χ1v) is 8.09. The third-order valence-electron chi connectivity index (χ3n) is 2.72. The van der Waals surface area contributed by atoms with E-state index in [1.54, 1.807) is 20.8 Å². The second-order valence-corrected chi connectivity index (χ2v) is 9.03. The van der Waals surface area contributed by atoms with Gasteiger partial charge in [-0.25, -0.2) is 8.42 Å². The summed E-state index contributed by atoms with van der Waals surface area (Å²) in [5.74, 6) is -0.937. The smallest absolute Gasteiger partial charge is 0.304 e. The Bertz CT molecular complexity index is 401. The Morgan fingerprint density at radius 3 is 1.89 bits per heavy atom. The van der Waals surface area contributed by atoms with Crippen LogP contribution >= 0.6 is 0 Å². The van der Waals surface area contributed by atoms with Crippen LogP contribution in [0, 0.1) is 5.41 Å². The van der Waals surface area contributed by atoms with Gasteiger partial charge in [0.15, 0.2) is 0 Å². The van der Waals surface area contributed by atoms with E-state index in [4.69, 9.17) is 5.11 Å². The number of rotatable bonds is 6. The van der Waals surface area contributed by atoms with Gasteiger partial charge >= 0.3 is 5.97 Å². The van der Waals surface area contributed by atoms with Crippen molar-refractivity contribution in [2.45, 2.75) is 59.9 Å². The van der Waals surface area contributed by atoms with Crippen molar-refractivity contribution in [2.75, 3.05) is 12.3 Å². The zero-order valence-corrected chi connectivity index (χ0v) is 13.7. The van der Waals surface area contributed by atoms with Crippen molar-refractivity contribution in [1.29, 1.82) is 0 Å². The molecule has 0 atom stereocenters. The van der Waals surface area contributed by atoms with Crippen LogP contribution in [0.1, 0.15) is 54.4 Å². The summed E-state index contributed by atoms with van der Waals surface area (Å²) in [6.07, 6.45) is 0.376. The number of carboxylic acids is 1. The minimum atomic E-state index is -3.44. The maximum atomic E-state index is 12.4. The fraction of sp³-hybridized carbons (Fsp3) is 0.923. The molecular weight excluding hydrogens is 266 g/mol. The van der Waals surface area contributed by atoms with Crippen LogP contribution in [0.5, 0.6) is 0 Å². The second-order valence-electron chi connectivity index (χ2n) is 7.01. The fourth-order valence-corrected chi connectivity index (χ4v) is 3.93. The molecule has 0 aromatic carbocycles. The number of hydrogen-bond acceptors (Lipinski definition) is 3. The summed E-state index contributed by atoms with van der Waals surface area (Å²) >= 11 is 0. The van der Waals surface area contributed by atoms with E-state index in [2.05, 4.69) is 0 Å². The van der Waals surface area contributed by atoms with Crippen molar-refractivity contribution in [3.8, 4) is 0 Å². The van der Waals surface area contributed by atoms with Crippen LogP contribution in [0.25, 0.3) is 0 Å². The third kappa shape index (κ3) is 7.52. The van der Waals surface area contributed by atoms with Gasteiger partial charge in [0.05, 0.1) is 12.2 Å². The Morgan fingerprint density at radius 1 is 1.11 bits per heavy atom. The average molecular weight is 293 g/mol. The van der Waals surface area contributed by atoms with Gasteiger partial charge < -0.3 is 5.11 Å². The lowest BCUT2D eigenvalue weighted by atomic mass is 9.94. The Labute approximate surface area is 117 Å². The van der Waals surface area contributed by atoms with E-state index in [0.29, 0.717) is 6.42 Å². The van der Waals surface area contributed by atoms with Crippen molar-refractivity contribution in [2.24, 2.45) is 5.41 Å². The molecule has 0 rings (SSSR count). The van der Waals surface area contributed by atoms with E-state index in [1.165, 1.54) is 4.31 Å². The van der Waals surface area contributed by atoms with Gasteiger partial charge in [-0.2, -0.15) is 4.31 Å². The second kappa shape index (κ2) is 6.22. The fourth-order valence-electron chi connectivity index (χ4n) is 1.63. The Hall–Kier alpha value is -0.620. The van der Waals surface area contributed by atoms with Crippen LogP contribution in [0.15, 0.2) is 0 Å². The topological polar surface area (TPSA) is 74.7 Å². The lowest BCUT2D eigenvalue weighted by molar-refractivity contribution is -0.137. The Balaban J connectivity index is 4.98. The standard InChI is InChI=1S/C13H27NO4S/c1-12(2,3)8-10-19(17,18)14(13(4,5)6)9-7-11(15)16/h7-10H2,1-6H3,(H,15,16). The highest BCUT2D eigenvalue weighted by molar-refractivity contribution is 7.89. The first kappa shape index (κ1) is 18.4. The van der Waals surface area contributed by atoms with Crippen molar-refractivity contribution < 1.29 is 18.3 Å². The highest BCUT2D eigenvalue weighted by Gasteiger charge is 2.33. The van der Waals surface area contributed by atoms with Crippen LogP contribution in [0.4, 0.5) is 0 Å². The molecule has 6 heteroatoms. The van der Waals surface area contributed by atoms with E-state index in [9.17, 15) is 13.2 Å². The van der Waals surface area contributed by atoms with Crippen molar-refractivity contribution in [3.63, 3.8) is 0 Å². The molecule has 0 saturated carbocycles. The lowest BCUT2D eigenvalue weighted by Crippen LogP contribution is -2.47. The Morgan fingerprint density at radius 2 is 1.58 bits per heavy atom. The van der Waals surface area contributed by atoms with Crippen LogP contribution in [-0.4, -0.2) is 41.6 Å². The maximum absolute atomic E-state index is 12.4. The van der Waals surface area contributed by atoms with Gasteiger partial charge in [-0.05, 0) is 32.6 Å². The first-order valence-electron chi connectivity index (χ1n) is 6.48. The minimum Gasteiger partial charge on any atom is -0.481 e. The van der Waals surface area contributed by atoms with E-state index in [1.807, 2.05) is 20.8 Å². The highest BCUT2D eigenvalue weighted by atomic mass is 32.2. The molecule has 19 heavy (non-hydrogen) atoms. The number of carbonyl (C=O) groups is 1. The van der Waals surface area contributed by atoms with Gasteiger partial charge in [0, 0.05) is 12.1 Å². The van der Waals surface area contributed by atoms with E-state index < -0.39 is 21.5 Å². The molecule has 0 aromatic heterocycles. The van der Waals surface area contributed by atoms with Gasteiger partial charge in [0.2, 0.25) is 10.0 Å². The van der Waals surface area contributed by atoms with Gasteiger partial charge in [0.25, 0.3) is 0 Å². The van der Waals surface area contributed by atoms with Gasteiger partial charge in [-0.15, -0.1) is 0 Å². The first-order chi connectivity index (χ1) is 8.26. The highest BCUT2D eigenvalue weighted by Crippen LogP contribution is 2.24. The monoisotopic (exact) mass is 293 g/mol. The van der Waals surface area contributed by atoms with Crippen LogP contribution in [-0.2, 0) is 14.8 Å². The molecule has 0 bridgehead atoms. The minimum absolute atomic E-state index is 0.0192. The SMILES string of the molecule is CC(C)(C)CCS(=O)(=O)N(CCC(=O)O)C(C)(C)C. The number of aliphatic carboxylic acids is 1. The summed E-state index contributed by atoms with van der Waals surface area (Å²) in [7, 11) is -3.44. The molecular formula is C13H27NO4S. The largest absolute Gasteiger partial charge is 0.481 e. The molecule has 0 spiro atoms. The molecule has 0 amide bonds. The van der Waals surface area contributed by atoms with Gasteiger partial charge in [-0.3, -0.25) is 4.79 Å². The third-order valence-corrected chi connectivity index (χ3v) is 4.84.